The van der Waals surface area contributed by atoms with E-state index < -0.39 is 0 Å². The van der Waals surface area contributed by atoms with Crippen molar-refractivity contribution < 1.29 is 9.84 Å². The summed E-state index contributed by atoms with van der Waals surface area (Å²) in [7, 11) is 0. The molecule has 2 atom stereocenters. The first-order valence-corrected chi connectivity index (χ1v) is 9.63. The highest BCUT2D eigenvalue weighted by molar-refractivity contribution is 5.18. The van der Waals surface area contributed by atoms with Gasteiger partial charge in [-0.15, -0.1) is 0 Å². The standard InChI is InChI=1S/C22H35NO2/c1-6-7-8-23(18(2)3)17-21-12-19(4)11-20(5,13-21)15-22(14-19,16-21)25-10-9-24/h6-8,24H,1-2,9-17H2,3-5H3/b8-7-. The van der Waals surface area contributed by atoms with E-state index in [2.05, 4.69) is 45.0 Å². The third-order valence-corrected chi connectivity index (χ3v) is 6.55. The van der Waals surface area contributed by atoms with Crippen molar-refractivity contribution in [1.82, 2.24) is 4.90 Å². The van der Waals surface area contributed by atoms with E-state index >= 15 is 0 Å². The predicted octanol–water partition coefficient (Wildman–Crippen LogP) is 4.65. The van der Waals surface area contributed by atoms with Crippen molar-refractivity contribution in [2.75, 3.05) is 19.8 Å². The molecular weight excluding hydrogens is 310 g/mol. The van der Waals surface area contributed by atoms with E-state index in [-0.39, 0.29) is 17.6 Å². The normalized spacial score (nSPS) is 42.1. The minimum absolute atomic E-state index is 0.0517. The summed E-state index contributed by atoms with van der Waals surface area (Å²) in [5.74, 6) is 0. The molecule has 3 heteroatoms. The van der Waals surface area contributed by atoms with Crippen LogP contribution in [0.1, 0.15) is 59.3 Å². The second kappa shape index (κ2) is 6.28. The second-order valence-corrected chi connectivity index (χ2v) is 9.88. The lowest BCUT2D eigenvalue weighted by atomic mass is 9.39. The maximum atomic E-state index is 9.31. The number of allylic oxidation sites excluding steroid dienone is 3. The molecule has 0 spiro atoms. The lowest BCUT2D eigenvalue weighted by Gasteiger charge is -2.69. The largest absolute Gasteiger partial charge is 0.394 e. The Balaban J connectivity index is 1.91. The van der Waals surface area contributed by atoms with Gasteiger partial charge < -0.3 is 14.7 Å². The van der Waals surface area contributed by atoms with Gasteiger partial charge in [0.1, 0.15) is 0 Å². The van der Waals surface area contributed by atoms with Crippen molar-refractivity contribution in [1.29, 1.82) is 0 Å². The molecule has 2 unspecified atom stereocenters. The molecule has 25 heavy (non-hydrogen) atoms. The van der Waals surface area contributed by atoms with Crippen molar-refractivity contribution in [2.24, 2.45) is 16.2 Å². The van der Waals surface area contributed by atoms with Crippen LogP contribution in [0.2, 0.25) is 0 Å². The van der Waals surface area contributed by atoms with Crippen LogP contribution in [0.25, 0.3) is 0 Å². The van der Waals surface area contributed by atoms with Gasteiger partial charge in [-0.3, -0.25) is 0 Å². The van der Waals surface area contributed by atoms with Gasteiger partial charge in [0.2, 0.25) is 0 Å². The maximum absolute atomic E-state index is 9.31. The molecule has 140 valence electrons. The van der Waals surface area contributed by atoms with E-state index in [1.807, 2.05) is 12.2 Å². The number of rotatable bonds is 8. The predicted molar refractivity (Wildman–Crippen MR) is 103 cm³/mol. The molecule has 0 radical (unpaired) electrons. The summed E-state index contributed by atoms with van der Waals surface area (Å²) >= 11 is 0. The van der Waals surface area contributed by atoms with E-state index in [0.29, 0.717) is 17.4 Å². The molecule has 0 amide bonds. The molecule has 4 saturated carbocycles. The molecule has 4 aliphatic carbocycles. The number of hydrogen-bond acceptors (Lipinski definition) is 3. The first-order valence-electron chi connectivity index (χ1n) is 9.63. The Hall–Kier alpha value is -1.06. The van der Waals surface area contributed by atoms with Gasteiger partial charge in [0.25, 0.3) is 0 Å². The maximum Gasteiger partial charge on any atom is 0.0705 e. The topological polar surface area (TPSA) is 32.7 Å². The average molecular weight is 346 g/mol. The smallest absolute Gasteiger partial charge is 0.0705 e. The minimum Gasteiger partial charge on any atom is -0.394 e. The lowest BCUT2D eigenvalue weighted by molar-refractivity contribution is -0.248. The zero-order chi connectivity index (χ0) is 18.3. The van der Waals surface area contributed by atoms with Crippen LogP contribution in [-0.4, -0.2) is 35.4 Å². The average Bonchev–Trinajstić information content (AvgIpc) is 2.45. The summed E-state index contributed by atoms with van der Waals surface area (Å²) in [4.78, 5) is 2.29. The van der Waals surface area contributed by atoms with Crippen molar-refractivity contribution in [3.63, 3.8) is 0 Å². The van der Waals surface area contributed by atoms with E-state index in [4.69, 9.17) is 4.74 Å². The van der Waals surface area contributed by atoms with Crippen molar-refractivity contribution in [3.05, 3.63) is 37.2 Å². The van der Waals surface area contributed by atoms with E-state index in [9.17, 15) is 5.11 Å². The first-order chi connectivity index (χ1) is 11.7. The summed E-state index contributed by atoms with van der Waals surface area (Å²) in [6.45, 7) is 16.6. The molecule has 0 aromatic heterocycles. The summed E-state index contributed by atoms with van der Waals surface area (Å²) in [6, 6.07) is 0. The fourth-order valence-electron chi connectivity index (χ4n) is 7.25. The molecular formula is C22H35NO2. The molecule has 4 bridgehead atoms. The fraction of sp³-hybridized carbons (Fsp3) is 0.727. The Morgan fingerprint density at radius 1 is 1.12 bits per heavy atom. The van der Waals surface area contributed by atoms with Crippen molar-refractivity contribution >= 4 is 0 Å². The summed E-state index contributed by atoms with van der Waals surface area (Å²) < 4.78 is 6.34. The van der Waals surface area contributed by atoms with Gasteiger partial charge in [0.15, 0.2) is 0 Å². The van der Waals surface area contributed by atoms with Gasteiger partial charge in [-0.25, -0.2) is 0 Å². The molecule has 4 rings (SSSR count). The number of hydrogen-bond donors (Lipinski definition) is 1. The van der Waals surface area contributed by atoms with Crippen molar-refractivity contribution in [2.45, 2.75) is 64.9 Å². The Morgan fingerprint density at radius 2 is 1.76 bits per heavy atom. The summed E-state index contributed by atoms with van der Waals surface area (Å²) in [6.07, 6.45) is 13.2. The Labute approximate surface area is 153 Å². The zero-order valence-electron chi connectivity index (χ0n) is 16.3. The quantitative estimate of drug-likeness (QED) is 0.650. The molecule has 3 nitrogen and oxygen atoms in total. The number of ether oxygens (including phenoxy) is 1. The Kier molecular flexibility index (Phi) is 4.70. The van der Waals surface area contributed by atoms with E-state index in [1.165, 1.54) is 19.3 Å². The van der Waals surface area contributed by atoms with Crippen LogP contribution in [0.5, 0.6) is 0 Å². The monoisotopic (exact) mass is 345 g/mol. The van der Waals surface area contributed by atoms with Gasteiger partial charge in [-0.05, 0) is 67.8 Å². The SMILES string of the molecule is C=C/C=C\N(CC12CC3(C)CC(C)(C1)CC(OCCO)(C3)C2)C(=C)C. The molecule has 0 heterocycles. The summed E-state index contributed by atoms with van der Waals surface area (Å²) in [5.41, 5.74) is 1.99. The van der Waals surface area contributed by atoms with Gasteiger partial charge in [-0.2, -0.15) is 0 Å². The molecule has 0 saturated heterocycles. The van der Waals surface area contributed by atoms with E-state index in [0.717, 1.165) is 31.5 Å². The molecule has 4 aliphatic rings. The van der Waals surface area contributed by atoms with Crippen LogP contribution in [-0.2, 0) is 4.74 Å². The number of nitrogens with zero attached hydrogens (tertiary/aromatic N) is 1. The molecule has 0 aromatic carbocycles. The molecule has 0 aromatic rings. The third kappa shape index (κ3) is 3.59. The van der Waals surface area contributed by atoms with Gasteiger partial charge >= 0.3 is 0 Å². The number of aliphatic hydroxyl groups excluding tert-OH is 1. The van der Waals surface area contributed by atoms with Crippen molar-refractivity contribution in [3.8, 4) is 0 Å². The Morgan fingerprint density at radius 3 is 2.28 bits per heavy atom. The fourth-order valence-corrected chi connectivity index (χ4v) is 7.25. The highest BCUT2D eigenvalue weighted by atomic mass is 16.5. The summed E-state index contributed by atoms with van der Waals surface area (Å²) in [5, 5.41) is 9.31. The molecule has 1 N–H and O–H groups in total. The van der Waals surface area contributed by atoms with Crippen LogP contribution in [0.15, 0.2) is 37.2 Å². The minimum atomic E-state index is -0.0517. The van der Waals surface area contributed by atoms with E-state index in [1.54, 1.807) is 0 Å². The molecule has 0 aliphatic heterocycles. The Bertz CT molecular complexity index is 561. The van der Waals surface area contributed by atoms with Gasteiger partial charge in [0.05, 0.1) is 18.8 Å². The van der Waals surface area contributed by atoms with Crippen LogP contribution in [0, 0.1) is 16.2 Å². The zero-order valence-corrected chi connectivity index (χ0v) is 16.3. The van der Waals surface area contributed by atoms with Crippen LogP contribution >= 0.6 is 0 Å². The van der Waals surface area contributed by atoms with Crippen LogP contribution in [0.4, 0.5) is 0 Å². The van der Waals surface area contributed by atoms with Crippen LogP contribution in [0.3, 0.4) is 0 Å². The first kappa shape index (κ1) is 18.7. The van der Waals surface area contributed by atoms with Gasteiger partial charge in [0, 0.05) is 18.4 Å². The second-order valence-electron chi connectivity index (χ2n) is 9.88. The third-order valence-electron chi connectivity index (χ3n) is 6.55. The lowest BCUT2D eigenvalue weighted by Crippen LogP contribution is -2.65. The highest BCUT2D eigenvalue weighted by Gasteiger charge is 2.66. The highest BCUT2D eigenvalue weighted by Crippen LogP contribution is 2.71. The number of aliphatic hydroxyl groups is 1. The van der Waals surface area contributed by atoms with Gasteiger partial charge in [-0.1, -0.05) is 33.1 Å². The van der Waals surface area contributed by atoms with Crippen LogP contribution < -0.4 is 0 Å². The molecule has 4 fully saturated rings.